The molecule has 5 nitrogen and oxygen atoms in total. The van der Waals surface area contributed by atoms with Gasteiger partial charge in [0, 0.05) is 5.69 Å². The van der Waals surface area contributed by atoms with Crippen LogP contribution in [0.15, 0.2) is 24.3 Å². The van der Waals surface area contributed by atoms with Gasteiger partial charge in [-0.05, 0) is 31.5 Å². The number of carbonyl (C=O) groups is 1. The zero-order chi connectivity index (χ0) is 14.1. The third-order valence-corrected chi connectivity index (χ3v) is 4.90. The highest BCUT2D eigenvalue weighted by atomic mass is 32.2. The summed E-state index contributed by atoms with van der Waals surface area (Å²) in [6.45, 7) is 1.68. The highest BCUT2D eigenvalue weighted by molar-refractivity contribution is 7.91. The third kappa shape index (κ3) is 3.66. The molecule has 0 unspecified atom stereocenters. The molecule has 104 valence electrons. The quantitative estimate of drug-likeness (QED) is 0.865. The van der Waals surface area contributed by atoms with Gasteiger partial charge in [-0.3, -0.25) is 0 Å². The van der Waals surface area contributed by atoms with E-state index in [9.17, 15) is 17.6 Å². The van der Waals surface area contributed by atoms with E-state index in [0.717, 1.165) is 0 Å². The van der Waals surface area contributed by atoms with E-state index in [1.54, 1.807) is 13.0 Å². The summed E-state index contributed by atoms with van der Waals surface area (Å²) in [6, 6.07) is 4.95. The van der Waals surface area contributed by atoms with E-state index >= 15 is 0 Å². The van der Waals surface area contributed by atoms with Gasteiger partial charge in [0.05, 0.1) is 17.0 Å². The Morgan fingerprint density at radius 1 is 1.42 bits per heavy atom. The van der Waals surface area contributed by atoms with Gasteiger partial charge in [0.2, 0.25) is 0 Å². The molecule has 1 aliphatic heterocycles. The molecule has 1 aliphatic rings. The summed E-state index contributed by atoms with van der Waals surface area (Å²) in [5.41, 5.74) is -0.446. The van der Waals surface area contributed by atoms with Gasteiger partial charge in [0.15, 0.2) is 9.84 Å². The summed E-state index contributed by atoms with van der Waals surface area (Å²) in [7, 11) is -3.08. The van der Waals surface area contributed by atoms with E-state index in [0.29, 0.717) is 12.1 Å². The molecule has 1 aromatic rings. The van der Waals surface area contributed by atoms with Crippen molar-refractivity contribution in [3.63, 3.8) is 0 Å². The summed E-state index contributed by atoms with van der Waals surface area (Å²) in [4.78, 5) is 11.8. The van der Waals surface area contributed by atoms with Gasteiger partial charge in [-0.15, -0.1) is 0 Å². The van der Waals surface area contributed by atoms with Gasteiger partial charge in [-0.25, -0.2) is 17.6 Å². The average Bonchev–Trinajstić information content (AvgIpc) is 2.52. The zero-order valence-electron chi connectivity index (χ0n) is 10.4. The van der Waals surface area contributed by atoms with Crippen molar-refractivity contribution in [3.8, 4) is 0 Å². The highest BCUT2D eigenvalue weighted by Crippen LogP contribution is 2.23. The molecule has 0 bridgehead atoms. The number of nitrogens with one attached hydrogen (secondary N) is 2. The number of halogens is 1. The Hall–Kier alpha value is -1.63. The molecule has 1 aromatic carbocycles. The van der Waals surface area contributed by atoms with Crippen LogP contribution in [0.4, 0.5) is 14.9 Å². The SMILES string of the molecule is C[C@]1(NC(=O)Nc2cccc(F)c2)CCS(=O)(=O)C1. The molecule has 0 aliphatic carbocycles. The number of sulfone groups is 1. The van der Waals surface area contributed by atoms with Crippen LogP contribution in [0.5, 0.6) is 0 Å². The second-order valence-corrected chi connectivity index (χ2v) is 7.18. The van der Waals surface area contributed by atoms with Crippen LogP contribution in [0.1, 0.15) is 13.3 Å². The standard InChI is InChI=1S/C12H15FN2O3S/c1-12(5-6-19(17,18)8-12)15-11(16)14-10-4-2-3-9(13)7-10/h2-4,7H,5-6,8H2,1H3,(H2,14,15,16)/t12-/m0/s1. The molecule has 2 amide bonds. The minimum atomic E-state index is -3.08. The van der Waals surface area contributed by atoms with Gasteiger partial charge in [-0.2, -0.15) is 0 Å². The van der Waals surface area contributed by atoms with Gasteiger partial charge in [-0.1, -0.05) is 6.07 Å². The normalized spacial score (nSPS) is 24.9. The summed E-state index contributed by atoms with van der Waals surface area (Å²) < 4.78 is 35.8. The molecule has 0 radical (unpaired) electrons. The van der Waals surface area contributed by atoms with Crippen molar-refractivity contribution in [2.45, 2.75) is 18.9 Å². The summed E-state index contributed by atoms with van der Waals surface area (Å²) in [6.07, 6.45) is 0.381. The first-order valence-electron chi connectivity index (χ1n) is 5.83. The van der Waals surface area contributed by atoms with Crippen molar-refractivity contribution in [1.82, 2.24) is 5.32 Å². The molecule has 0 saturated carbocycles. The Bertz CT molecular complexity index is 603. The predicted molar refractivity (Wildman–Crippen MR) is 70.2 cm³/mol. The Kier molecular flexibility index (Phi) is 3.49. The minimum absolute atomic E-state index is 0.0728. The molecule has 1 heterocycles. The molecule has 1 atom stereocenters. The lowest BCUT2D eigenvalue weighted by molar-refractivity contribution is 0.242. The molecular weight excluding hydrogens is 271 g/mol. The Labute approximate surface area is 111 Å². The summed E-state index contributed by atoms with van der Waals surface area (Å²) in [5, 5.41) is 5.10. The summed E-state index contributed by atoms with van der Waals surface area (Å²) in [5.74, 6) is -0.451. The lowest BCUT2D eigenvalue weighted by Crippen LogP contribution is -2.48. The number of urea groups is 1. The maximum atomic E-state index is 12.9. The van der Waals surface area contributed by atoms with Crippen LogP contribution in [-0.4, -0.2) is 31.5 Å². The Morgan fingerprint density at radius 3 is 2.74 bits per heavy atom. The van der Waals surface area contributed by atoms with Gasteiger partial charge in [0.25, 0.3) is 0 Å². The van der Waals surface area contributed by atoms with Crippen LogP contribution in [-0.2, 0) is 9.84 Å². The van der Waals surface area contributed by atoms with Gasteiger partial charge in [0.1, 0.15) is 5.82 Å². The monoisotopic (exact) mass is 286 g/mol. The molecule has 2 N–H and O–H groups in total. The fourth-order valence-electron chi connectivity index (χ4n) is 2.11. The van der Waals surface area contributed by atoms with E-state index < -0.39 is 27.2 Å². The van der Waals surface area contributed by atoms with E-state index in [4.69, 9.17) is 0 Å². The van der Waals surface area contributed by atoms with E-state index in [1.807, 2.05) is 0 Å². The van der Waals surface area contributed by atoms with Crippen molar-refractivity contribution >= 4 is 21.6 Å². The minimum Gasteiger partial charge on any atom is -0.332 e. The first-order chi connectivity index (χ1) is 8.78. The zero-order valence-corrected chi connectivity index (χ0v) is 11.3. The number of benzene rings is 1. The molecular formula is C12H15FN2O3S. The van der Waals surface area contributed by atoms with Gasteiger partial charge >= 0.3 is 6.03 Å². The predicted octanol–water partition coefficient (Wildman–Crippen LogP) is 1.52. The first-order valence-corrected chi connectivity index (χ1v) is 7.65. The second-order valence-electron chi connectivity index (χ2n) is 4.99. The van der Waals surface area contributed by atoms with E-state index in [-0.39, 0.29) is 11.5 Å². The first kappa shape index (κ1) is 13.8. The van der Waals surface area contributed by atoms with Crippen molar-refractivity contribution < 1.29 is 17.6 Å². The van der Waals surface area contributed by atoms with Crippen LogP contribution < -0.4 is 10.6 Å². The lowest BCUT2D eigenvalue weighted by atomic mass is 10.0. The molecule has 2 rings (SSSR count). The number of anilines is 1. The van der Waals surface area contributed by atoms with Crippen LogP contribution >= 0.6 is 0 Å². The molecule has 7 heteroatoms. The fourth-order valence-corrected chi connectivity index (χ4v) is 4.20. The fraction of sp³-hybridized carbons (Fsp3) is 0.417. The Morgan fingerprint density at radius 2 is 2.16 bits per heavy atom. The number of rotatable bonds is 2. The average molecular weight is 286 g/mol. The van der Waals surface area contributed by atoms with Crippen molar-refractivity contribution in [2.75, 3.05) is 16.8 Å². The number of amides is 2. The maximum Gasteiger partial charge on any atom is 0.319 e. The van der Waals surface area contributed by atoms with E-state index in [1.165, 1.54) is 18.2 Å². The topological polar surface area (TPSA) is 75.3 Å². The van der Waals surface area contributed by atoms with Crippen LogP contribution in [0, 0.1) is 5.82 Å². The molecule has 1 saturated heterocycles. The van der Waals surface area contributed by atoms with Crippen molar-refractivity contribution in [1.29, 1.82) is 0 Å². The maximum absolute atomic E-state index is 12.9. The summed E-state index contributed by atoms with van der Waals surface area (Å²) >= 11 is 0. The largest absolute Gasteiger partial charge is 0.332 e. The molecule has 1 fully saturated rings. The number of hydrogen-bond acceptors (Lipinski definition) is 3. The van der Waals surface area contributed by atoms with Crippen LogP contribution in [0.25, 0.3) is 0 Å². The number of hydrogen-bond donors (Lipinski definition) is 2. The molecule has 19 heavy (non-hydrogen) atoms. The third-order valence-electron chi connectivity index (χ3n) is 3.00. The number of carbonyl (C=O) groups excluding carboxylic acids is 1. The second kappa shape index (κ2) is 4.80. The van der Waals surface area contributed by atoms with Crippen LogP contribution in [0.3, 0.4) is 0 Å². The van der Waals surface area contributed by atoms with E-state index in [2.05, 4.69) is 10.6 Å². The molecule has 0 spiro atoms. The van der Waals surface area contributed by atoms with Gasteiger partial charge < -0.3 is 10.6 Å². The van der Waals surface area contributed by atoms with Crippen molar-refractivity contribution in [2.24, 2.45) is 0 Å². The Balaban J connectivity index is 1.99. The lowest BCUT2D eigenvalue weighted by Gasteiger charge is -2.23. The smallest absolute Gasteiger partial charge is 0.319 e. The van der Waals surface area contributed by atoms with Crippen LogP contribution in [0.2, 0.25) is 0 Å². The highest BCUT2D eigenvalue weighted by Gasteiger charge is 2.39. The molecule has 0 aromatic heterocycles. The van der Waals surface area contributed by atoms with Crippen molar-refractivity contribution in [3.05, 3.63) is 30.1 Å².